The highest BCUT2D eigenvalue weighted by molar-refractivity contribution is 6.35. The van der Waals surface area contributed by atoms with Gasteiger partial charge in [-0.2, -0.15) is 5.10 Å². The van der Waals surface area contributed by atoms with Gasteiger partial charge in [0.25, 0.3) is 0 Å². The number of carboxylic acids is 1. The molecular weight excluding hydrogens is 651 g/mol. The van der Waals surface area contributed by atoms with Crippen LogP contribution < -0.4 is 4.74 Å². The summed E-state index contributed by atoms with van der Waals surface area (Å²) >= 11 is 7.05. The number of carbonyl (C=O) groups is 2. The quantitative estimate of drug-likeness (QED) is 0.150. The van der Waals surface area contributed by atoms with Crippen LogP contribution in [0.1, 0.15) is 53.6 Å². The summed E-state index contributed by atoms with van der Waals surface area (Å²) in [5, 5.41) is 18.4. The maximum Gasteiger partial charge on any atom is 0.410 e. The second kappa shape index (κ2) is 14.9. The molecule has 49 heavy (non-hydrogen) atoms. The lowest BCUT2D eigenvalue weighted by Gasteiger charge is -2.22. The van der Waals surface area contributed by atoms with Crippen molar-refractivity contribution < 1.29 is 33.3 Å². The summed E-state index contributed by atoms with van der Waals surface area (Å²) < 4.78 is 34.2. The van der Waals surface area contributed by atoms with Crippen molar-refractivity contribution in [2.75, 3.05) is 33.5 Å². The van der Waals surface area contributed by atoms with Crippen LogP contribution in [0, 0.1) is 5.82 Å². The Labute approximate surface area is 288 Å². The first kappa shape index (κ1) is 34.3. The number of aromatic carboxylic acids is 1. The van der Waals surface area contributed by atoms with Crippen LogP contribution in [0.2, 0.25) is 5.02 Å². The lowest BCUT2D eigenvalue weighted by Crippen LogP contribution is -2.33. The van der Waals surface area contributed by atoms with Crippen molar-refractivity contribution in [1.82, 2.24) is 19.2 Å². The minimum atomic E-state index is -1.02. The fraction of sp³-hybridized carbons (Fsp3) is 0.378. The third-order valence-corrected chi connectivity index (χ3v) is 9.42. The molecule has 0 atom stereocenters. The zero-order valence-corrected chi connectivity index (χ0v) is 28.7. The molecule has 1 N–H and O–H groups in total. The maximum atomic E-state index is 13.8. The monoisotopic (exact) mass is 690 g/mol. The fourth-order valence-corrected chi connectivity index (χ4v) is 7.20. The standard InChI is InChI=1S/C37H40ClFN4O6/c1-4-30-33-29(40-41(30)2)22-42(37(46)49-20-19-47-3)16-5-6-17-43-34-27(14-15-28(38)32(33)34)26(35(43)36(44)45)10-8-18-48-31-11-7-9-23-21-24(39)12-13-25(23)31/h7,9,11-15,21H,4-6,8,10,16-20,22H2,1-3H3,(H,44,45). The Morgan fingerprint density at radius 3 is 2.59 bits per heavy atom. The van der Waals surface area contributed by atoms with E-state index in [1.54, 1.807) is 18.1 Å². The summed E-state index contributed by atoms with van der Waals surface area (Å²) in [6.07, 6.45) is 2.42. The minimum absolute atomic E-state index is 0.134. The summed E-state index contributed by atoms with van der Waals surface area (Å²) in [6, 6.07) is 13.8. The molecule has 10 nitrogen and oxygen atoms in total. The van der Waals surface area contributed by atoms with Crippen LogP contribution in [-0.4, -0.2) is 69.9 Å². The van der Waals surface area contributed by atoms with E-state index in [1.807, 2.05) is 53.6 Å². The molecule has 258 valence electrons. The molecule has 1 aliphatic heterocycles. The van der Waals surface area contributed by atoms with Gasteiger partial charge in [-0.1, -0.05) is 36.7 Å². The molecule has 0 aliphatic carbocycles. The maximum absolute atomic E-state index is 13.8. The van der Waals surface area contributed by atoms with E-state index in [1.165, 1.54) is 12.1 Å². The van der Waals surface area contributed by atoms with Crippen molar-refractivity contribution in [3.05, 3.63) is 82.0 Å². The zero-order chi connectivity index (χ0) is 34.7. The van der Waals surface area contributed by atoms with E-state index in [9.17, 15) is 19.1 Å². The summed E-state index contributed by atoms with van der Waals surface area (Å²) in [5.41, 5.74) is 4.78. The number of methoxy groups -OCH3 is 1. The minimum Gasteiger partial charge on any atom is -0.493 e. The van der Waals surface area contributed by atoms with Crippen LogP contribution in [0.25, 0.3) is 32.8 Å². The van der Waals surface area contributed by atoms with Crippen LogP contribution >= 0.6 is 11.6 Å². The first-order chi connectivity index (χ1) is 23.7. The van der Waals surface area contributed by atoms with E-state index in [0.29, 0.717) is 79.4 Å². The molecule has 6 rings (SSSR count). The molecule has 1 aliphatic rings. The third-order valence-electron chi connectivity index (χ3n) is 9.11. The zero-order valence-electron chi connectivity index (χ0n) is 27.9. The SMILES string of the molecule is CCc1c2c(nn1C)CN(C(=O)OCCOC)CCCCn1c(C(=O)O)c(CCCOc3cccc4cc(F)ccc34)c3ccc(Cl)c-2c31. The summed E-state index contributed by atoms with van der Waals surface area (Å²) in [6.45, 7) is 3.83. The number of carboxylic acid groups (broad SMARTS) is 1. The highest BCUT2D eigenvalue weighted by Gasteiger charge is 2.30. The van der Waals surface area contributed by atoms with Gasteiger partial charge in [0.05, 0.1) is 36.0 Å². The van der Waals surface area contributed by atoms with Gasteiger partial charge in [-0.05, 0) is 73.4 Å². The Morgan fingerprint density at radius 2 is 1.82 bits per heavy atom. The molecule has 0 spiro atoms. The molecule has 1 amide bonds. The summed E-state index contributed by atoms with van der Waals surface area (Å²) in [5.74, 6) is -0.685. The third kappa shape index (κ3) is 6.82. The number of hydrogen-bond donors (Lipinski definition) is 1. The highest BCUT2D eigenvalue weighted by Crippen LogP contribution is 2.43. The highest BCUT2D eigenvalue weighted by atomic mass is 35.5. The number of halogens is 2. The largest absolute Gasteiger partial charge is 0.493 e. The fourth-order valence-electron chi connectivity index (χ4n) is 6.95. The molecule has 3 heterocycles. The summed E-state index contributed by atoms with van der Waals surface area (Å²) in [7, 11) is 3.42. The van der Waals surface area contributed by atoms with Gasteiger partial charge in [0, 0.05) is 54.8 Å². The molecular formula is C37H40ClFN4O6. The van der Waals surface area contributed by atoms with E-state index in [2.05, 4.69) is 0 Å². The van der Waals surface area contributed by atoms with Crippen molar-refractivity contribution in [1.29, 1.82) is 0 Å². The Hall–Kier alpha value is -4.61. The Kier molecular flexibility index (Phi) is 10.4. The number of carbonyl (C=O) groups excluding carboxylic acids is 1. The van der Waals surface area contributed by atoms with Crippen molar-refractivity contribution in [3.8, 4) is 16.9 Å². The van der Waals surface area contributed by atoms with Crippen LogP contribution in [0.5, 0.6) is 5.75 Å². The number of fused-ring (bicyclic) bond motifs is 3. The van der Waals surface area contributed by atoms with Gasteiger partial charge in [0.15, 0.2) is 0 Å². The van der Waals surface area contributed by atoms with Gasteiger partial charge in [-0.3, -0.25) is 4.68 Å². The first-order valence-electron chi connectivity index (χ1n) is 16.6. The van der Waals surface area contributed by atoms with E-state index in [-0.39, 0.29) is 31.3 Å². The Balaban J connectivity index is 1.40. The van der Waals surface area contributed by atoms with Crippen molar-refractivity contribution >= 4 is 45.3 Å². The van der Waals surface area contributed by atoms with Gasteiger partial charge in [-0.15, -0.1) is 0 Å². The molecule has 0 saturated heterocycles. The molecule has 0 unspecified atom stereocenters. The molecule has 2 aromatic heterocycles. The lowest BCUT2D eigenvalue weighted by molar-refractivity contribution is 0.0684. The van der Waals surface area contributed by atoms with Gasteiger partial charge in [-0.25, -0.2) is 14.0 Å². The number of aromatic nitrogens is 3. The molecule has 0 saturated carbocycles. The molecule has 0 fully saturated rings. The second-order valence-corrected chi connectivity index (χ2v) is 12.6. The van der Waals surface area contributed by atoms with Gasteiger partial charge >= 0.3 is 12.1 Å². The van der Waals surface area contributed by atoms with Crippen LogP contribution in [0.4, 0.5) is 9.18 Å². The average molecular weight is 691 g/mol. The van der Waals surface area contributed by atoms with Crippen molar-refractivity contribution in [2.24, 2.45) is 7.05 Å². The van der Waals surface area contributed by atoms with E-state index >= 15 is 0 Å². The van der Waals surface area contributed by atoms with Crippen LogP contribution in [-0.2, 0) is 42.5 Å². The normalized spacial score (nSPS) is 13.4. The molecule has 0 bridgehead atoms. The number of ether oxygens (including phenoxy) is 3. The lowest BCUT2D eigenvalue weighted by atomic mass is 9.97. The predicted octanol–water partition coefficient (Wildman–Crippen LogP) is 7.64. The summed E-state index contributed by atoms with van der Waals surface area (Å²) in [4.78, 5) is 27.9. The van der Waals surface area contributed by atoms with Crippen LogP contribution in [0.15, 0.2) is 48.5 Å². The number of benzene rings is 3. The molecule has 12 heteroatoms. The number of nitrogens with zero attached hydrogens (tertiary/aromatic N) is 4. The molecule has 5 aromatic rings. The van der Waals surface area contributed by atoms with Gasteiger partial charge in [0.2, 0.25) is 0 Å². The molecule has 3 aromatic carbocycles. The average Bonchev–Trinajstić information content (AvgIpc) is 3.56. The van der Waals surface area contributed by atoms with Gasteiger partial charge < -0.3 is 28.8 Å². The smallest absolute Gasteiger partial charge is 0.410 e. The first-order valence-corrected chi connectivity index (χ1v) is 16.9. The topological polar surface area (TPSA) is 108 Å². The van der Waals surface area contributed by atoms with E-state index in [0.717, 1.165) is 32.9 Å². The Bertz CT molecular complexity index is 2020. The van der Waals surface area contributed by atoms with Crippen molar-refractivity contribution in [2.45, 2.75) is 52.1 Å². The number of hydrogen-bond acceptors (Lipinski definition) is 6. The number of rotatable bonds is 10. The predicted molar refractivity (Wildman–Crippen MR) is 186 cm³/mol. The van der Waals surface area contributed by atoms with E-state index in [4.69, 9.17) is 30.9 Å². The van der Waals surface area contributed by atoms with Crippen molar-refractivity contribution in [3.63, 3.8) is 0 Å². The number of amides is 1. The van der Waals surface area contributed by atoms with E-state index < -0.39 is 12.1 Å². The second-order valence-electron chi connectivity index (χ2n) is 12.2. The number of aryl methyl sites for hydroxylation is 3. The Morgan fingerprint density at radius 1 is 1.02 bits per heavy atom. The van der Waals surface area contributed by atoms with Crippen LogP contribution in [0.3, 0.4) is 0 Å². The van der Waals surface area contributed by atoms with Gasteiger partial charge in [0.1, 0.15) is 23.9 Å². The molecule has 0 radical (unpaired) electrons.